The maximum atomic E-state index is 9.83. The minimum Gasteiger partial charge on any atom is -0.508 e. The van der Waals surface area contributed by atoms with Crippen molar-refractivity contribution in [3.8, 4) is 17.0 Å². The number of nitrogens with zero attached hydrogens (tertiary/aromatic N) is 2. The molecule has 0 fully saturated rings. The van der Waals surface area contributed by atoms with E-state index in [1.54, 1.807) is 23.5 Å². The monoisotopic (exact) mass is 438 g/mol. The van der Waals surface area contributed by atoms with Crippen molar-refractivity contribution in [1.29, 1.82) is 0 Å². The first-order valence-electron chi connectivity index (χ1n) is 8.80. The fraction of sp³-hybridized carbons (Fsp3) is 0.136. The first-order valence-corrected chi connectivity index (χ1v) is 10.5. The SMILES string of the molecule is CCN(Cc1cc2ccc(O)cc2nc1-c1ccsc1)c1ccc(Br)cc1. The van der Waals surface area contributed by atoms with Crippen molar-refractivity contribution >= 4 is 43.9 Å². The van der Waals surface area contributed by atoms with Gasteiger partial charge in [-0.2, -0.15) is 11.3 Å². The van der Waals surface area contributed by atoms with Crippen molar-refractivity contribution in [1.82, 2.24) is 4.98 Å². The molecule has 1 N–H and O–H groups in total. The summed E-state index contributed by atoms with van der Waals surface area (Å²) < 4.78 is 1.08. The van der Waals surface area contributed by atoms with E-state index in [0.29, 0.717) is 0 Å². The van der Waals surface area contributed by atoms with Crippen LogP contribution in [0.25, 0.3) is 22.2 Å². The zero-order chi connectivity index (χ0) is 18.8. The van der Waals surface area contributed by atoms with Gasteiger partial charge >= 0.3 is 0 Å². The molecule has 27 heavy (non-hydrogen) atoms. The molecule has 3 nitrogen and oxygen atoms in total. The van der Waals surface area contributed by atoms with Gasteiger partial charge in [0.25, 0.3) is 0 Å². The minimum atomic E-state index is 0.240. The topological polar surface area (TPSA) is 36.4 Å². The van der Waals surface area contributed by atoms with Crippen LogP contribution in [0.2, 0.25) is 0 Å². The predicted octanol–water partition coefficient (Wildman–Crippen LogP) is 6.46. The van der Waals surface area contributed by atoms with E-state index in [4.69, 9.17) is 4.98 Å². The van der Waals surface area contributed by atoms with E-state index in [9.17, 15) is 5.11 Å². The number of anilines is 1. The molecular weight excluding hydrogens is 420 g/mol. The number of aromatic hydroxyl groups is 1. The Morgan fingerprint density at radius 1 is 1.07 bits per heavy atom. The summed E-state index contributed by atoms with van der Waals surface area (Å²) in [5.74, 6) is 0.240. The van der Waals surface area contributed by atoms with Crippen molar-refractivity contribution in [2.45, 2.75) is 13.5 Å². The summed E-state index contributed by atoms with van der Waals surface area (Å²) in [4.78, 5) is 7.22. The molecule has 2 heterocycles. The second-order valence-corrected chi connectivity index (χ2v) is 8.07. The molecule has 2 aromatic carbocycles. The van der Waals surface area contributed by atoms with Gasteiger partial charge in [-0.15, -0.1) is 0 Å². The average molecular weight is 439 g/mol. The number of aromatic nitrogens is 1. The molecule has 0 bridgehead atoms. The Labute approximate surface area is 171 Å². The second-order valence-electron chi connectivity index (χ2n) is 6.38. The number of benzene rings is 2. The number of hydrogen-bond acceptors (Lipinski definition) is 4. The highest BCUT2D eigenvalue weighted by Crippen LogP contribution is 2.31. The molecule has 0 unspecified atom stereocenters. The average Bonchev–Trinajstić information content (AvgIpc) is 3.21. The van der Waals surface area contributed by atoms with Gasteiger partial charge in [-0.3, -0.25) is 0 Å². The molecule has 0 amide bonds. The van der Waals surface area contributed by atoms with Crippen LogP contribution in [0.5, 0.6) is 5.75 Å². The molecule has 0 saturated heterocycles. The van der Waals surface area contributed by atoms with E-state index in [0.717, 1.165) is 39.7 Å². The highest BCUT2D eigenvalue weighted by molar-refractivity contribution is 9.10. The van der Waals surface area contributed by atoms with Crippen LogP contribution in [0, 0.1) is 0 Å². The van der Waals surface area contributed by atoms with Crippen molar-refractivity contribution in [3.63, 3.8) is 0 Å². The van der Waals surface area contributed by atoms with Gasteiger partial charge in [-0.05, 0) is 66.4 Å². The Bertz CT molecular complexity index is 1060. The minimum absolute atomic E-state index is 0.240. The number of pyridine rings is 1. The standard InChI is InChI=1S/C22H19BrN2OS/c1-2-25(19-6-4-18(23)5-7-19)13-17-11-15-3-8-20(26)12-21(15)24-22(17)16-9-10-27-14-16/h3-12,14,26H,2,13H2,1H3. The summed E-state index contributed by atoms with van der Waals surface area (Å²) in [6.45, 7) is 3.84. The lowest BCUT2D eigenvalue weighted by Gasteiger charge is -2.24. The van der Waals surface area contributed by atoms with Crippen molar-refractivity contribution in [2.75, 3.05) is 11.4 Å². The predicted molar refractivity (Wildman–Crippen MR) is 118 cm³/mol. The van der Waals surface area contributed by atoms with E-state index in [1.807, 2.05) is 6.07 Å². The Hall–Kier alpha value is -2.37. The van der Waals surface area contributed by atoms with Gasteiger partial charge in [0.05, 0.1) is 11.2 Å². The highest BCUT2D eigenvalue weighted by atomic mass is 79.9. The summed E-state index contributed by atoms with van der Waals surface area (Å²) in [6, 6.07) is 18.0. The fourth-order valence-electron chi connectivity index (χ4n) is 3.21. The molecule has 5 heteroatoms. The third kappa shape index (κ3) is 3.84. The van der Waals surface area contributed by atoms with Crippen LogP contribution in [0.15, 0.2) is 69.8 Å². The van der Waals surface area contributed by atoms with Gasteiger partial charge in [-0.1, -0.05) is 15.9 Å². The van der Waals surface area contributed by atoms with Crippen LogP contribution in [-0.2, 0) is 6.54 Å². The molecule has 136 valence electrons. The molecule has 0 aliphatic heterocycles. The van der Waals surface area contributed by atoms with Crippen LogP contribution in [0.1, 0.15) is 12.5 Å². The molecule has 0 atom stereocenters. The summed E-state index contributed by atoms with van der Waals surface area (Å²) in [6.07, 6.45) is 0. The van der Waals surface area contributed by atoms with Crippen molar-refractivity contribution < 1.29 is 5.11 Å². The fourth-order valence-corrected chi connectivity index (χ4v) is 4.12. The number of phenols is 1. The first-order chi connectivity index (χ1) is 13.1. The quantitative estimate of drug-likeness (QED) is 0.388. The summed E-state index contributed by atoms with van der Waals surface area (Å²) in [5.41, 5.74) is 5.27. The lowest BCUT2D eigenvalue weighted by molar-refractivity contribution is 0.476. The van der Waals surface area contributed by atoms with E-state index in [-0.39, 0.29) is 5.75 Å². The number of hydrogen-bond donors (Lipinski definition) is 1. The Morgan fingerprint density at radius 2 is 1.89 bits per heavy atom. The highest BCUT2D eigenvalue weighted by Gasteiger charge is 2.14. The van der Waals surface area contributed by atoms with Crippen molar-refractivity contribution in [3.05, 3.63) is 75.4 Å². The van der Waals surface area contributed by atoms with Crippen LogP contribution < -0.4 is 4.90 Å². The summed E-state index contributed by atoms with van der Waals surface area (Å²) >= 11 is 5.17. The lowest BCUT2D eigenvalue weighted by Crippen LogP contribution is -2.22. The Balaban J connectivity index is 1.80. The normalized spacial score (nSPS) is 11.0. The molecular formula is C22H19BrN2OS. The van der Waals surface area contributed by atoms with Gasteiger partial charge in [0.2, 0.25) is 0 Å². The largest absolute Gasteiger partial charge is 0.508 e. The molecule has 4 rings (SSSR count). The number of rotatable bonds is 5. The van der Waals surface area contributed by atoms with Crippen LogP contribution in [-0.4, -0.2) is 16.6 Å². The van der Waals surface area contributed by atoms with Gasteiger partial charge in [0, 0.05) is 45.6 Å². The van der Waals surface area contributed by atoms with Gasteiger partial charge in [-0.25, -0.2) is 4.98 Å². The van der Waals surface area contributed by atoms with Gasteiger partial charge in [0.1, 0.15) is 5.75 Å². The second kappa shape index (κ2) is 7.71. The smallest absolute Gasteiger partial charge is 0.117 e. The third-order valence-electron chi connectivity index (χ3n) is 4.61. The zero-order valence-corrected chi connectivity index (χ0v) is 17.3. The van der Waals surface area contributed by atoms with E-state index < -0.39 is 0 Å². The number of thiophene rings is 1. The molecule has 0 aliphatic rings. The number of fused-ring (bicyclic) bond motifs is 1. The first kappa shape index (κ1) is 18.0. The van der Waals surface area contributed by atoms with E-state index in [2.05, 4.69) is 74.9 Å². The third-order valence-corrected chi connectivity index (χ3v) is 5.82. The van der Waals surface area contributed by atoms with Gasteiger partial charge < -0.3 is 10.0 Å². The summed E-state index contributed by atoms with van der Waals surface area (Å²) in [7, 11) is 0. The van der Waals surface area contributed by atoms with E-state index >= 15 is 0 Å². The molecule has 0 spiro atoms. The van der Waals surface area contributed by atoms with Gasteiger partial charge in [0.15, 0.2) is 0 Å². The molecule has 0 radical (unpaired) electrons. The lowest BCUT2D eigenvalue weighted by atomic mass is 10.0. The number of halogens is 1. The van der Waals surface area contributed by atoms with E-state index in [1.165, 1.54) is 11.3 Å². The molecule has 0 saturated carbocycles. The van der Waals surface area contributed by atoms with Crippen LogP contribution in [0.4, 0.5) is 5.69 Å². The molecule has 4 aromatic rings. The van der Waals surface area contributed by atoms with Crippen molar-refractivity contribution in [2.24, 2.45) is 0 Å². The Kier molecular flexibility index (Phi) is 5.14. The number of phenolic OH excluding ortho intramolecular Hbond substituents is 1. The maximum absolute atomic E-state index is 9.83. The summed E-state index contributed by atoms with van der Waals surface area (Å²) in [5, 5.41) is 15.1. The maximum Gasteiger partial charge on any atom is 0.117 e. The molecule has 2 aromatic heterocycles. The zero-order valence-electron chi connectivity index (χ0n) is 14.9. The van der Waals surface area contributed by atoms with Crippen LogP contribution in [0.3, 0.4) is 0 Å². The van der Waals surface area contributed by atoms with Crippen LogP contribution >= 0.6 is 27.3 Å². The Morgan fingerprint density at radius 3 is 2.59 bits per heavy atom. The molecule has 0 aliphatic carbocycles.